The van der Waals surface area contributed by atoms with Crippen molar-refractivity contribution >= 4 is 16.8 Å². The van der Waals surface area contributed by atoms with E-state index in [0.717, 1.165) is 51.4 Å². The second-order valence-electron chi connectivity index (χ2n) is 15.6. The number of likely N-dealkylation sites (tertiary alicyclic amines) is 1. The lowest BCUT2D eigenvalue weighted by molar-refractivity contribution is 0.212. The van der Waals surface area contributed by atoms with Gasteiger partial charge in [0.15, 0.2) is 0 Å². The summed E-state index contributed by atoms with van der Waals surface area (Å²) in [5.74, 6) is 1.07. The summed E-state index contributed by atoms with van der Waals surface area (Å²) >= 11 is 0. The standard InChI is InChI=1S/C49H50N2/c1-49(51(43-17-9-4-10-18-43)44-31-27-40(28-32-44)37-15-7-3-8-16-37)34-33-46-45-19-11-12-20-47(45)50(48(46)35-49)42-29-25-41(26-30-42)39-23-21-38(22-24-39)36-13-5-2-6-14-36/h2-7,9-13,15,17,21-29,31-33,35-36,42-43,45,47H,8,14,16,18-20,30,34H2,1H3. The third-order valence-corrected chi connectivity index (χ3v) is 12.4. The molecule has 256 valence electrons. The number of rotatable bonds is 7. The highest BCUT2D eigenvalue weighted by atomic mass is 15.3. The maximum Gasteiger partial charge on any atom is 0.0620 e. The molecule has 2 aromatic carbocycles. The molecule has 0 N–H and O–H groups in total. The molecule has 1 heterocycles. The first-order chi connectivity index (χ1) is 25.1. The monoisotopic (exact) mass is 666 g/mol. The van der Waals surface area contributed by atoms with Crippen LogP contribution < -0.4 is 4.90 Å². The highest BCUT2D eigenvalue weighted by Crippen LogP contribution is 2.50. The molecule has 6 aliphatic carbocycles. The van der Waals surface area contributed by atoms with Crippen molar-refractivity contribution in [2.45, 2.75) is 87.9 Å². The molecule has 1 aliphatic heterocycles. The largest absolute Gasteiger partial charge is 0.361 e. The minimum Gasteiger partial charge on any atom is -0.361 e. The van der Waals surface area contributed by atoms with Crippen molar-refractivity contribution in [3.8, 4) is 0 Å². The first kappa shape index (κ1) is 32.1. The molecule has 6 atom stereocenters. The molecule has 0 aromatic heterocycles. The van der Waals surface area contributed by atoms with E-state index in [9.17, 15) is 0 Å². The summed E-state index contributed by atoms with van der Waals surface area (Å²) < 4.78 is 0. The van der Waals surface area contributed by atoms with Gasteiger partial charge in [0, 0.05) is 29.3 Å². The van der Waals surface area contributed by atoms with Crippen LogP contribution in [0.25, 0.3) is 11.1 Å². The van der Waals surface area contributed by atoms with Crippen LogP contribution in [0.5, 0.6) is 0 Å². The first-order valence-electron chi connectivity index (χ1n) is 19.4. The van der Waals surface area contributed by atoms with Crippen molar-refractivity contribution in [2.75, 3.05) is 4.90 Å². The lowest BCUT2D eigenvalue weighted by Crippen LogP contribution is -2.52. The van der Waals surface area contributed by atoms with Gasteiger partial charge in [-0.1, -0.05) is 140 Å². The van der Waals surface area contributed by atoms with Crippen LogP contribution in [-0.2, 0) is 0 Å². The Labute approximate surface area is 305 Å². The van der Waals surface area contributed by atoms with E-state index < -0.39 is 0 Å². The number of allylic oxidation sites excluding steroid dienone is 14. The number of anilines is 1. The Kier molecular flexibility index (Phi) is 8.64. The van der Waals surface area contributed by atoms with Gasteiger partial charge in [-0.25, -0.2) is 0 Å². The molecule has 0 amide bonds. The Morgan fingerprint density at radius 1 is 0.706 bits per heavy atom. The number of benzene rings is 2. The molecule has 1 saturated heterocycles. The van der Waals surface area contributed by atoms with E-state index in [0.29, 0.717) is 30.0 Å². The lowest BCUT2D eigenvalue weighted by atomic mass is 9.80. The average Bonchev–Trinajstić information content (AvgIpc) is 3.52. The van der Waals surface area contributed by atoms with Crippen LogP contribution >= 0.6 is 0 Å². The van der Waals surface area contributed by atoms with Crippen molar-refractivity contribution < 1.29 is 0 Å². The zero-order valence-electron chi connectivity index (χ0n) is 29.9. The predicted octanol–water partition coefficient (Wildman–Crippen LogP) is 11.7. The summed E-state index contributed by atoms with van der Waals surface area (Å²) in [6.45, 7) is 2.48. The molecule has 0 radical (unpaired) electrons. The summed E-state index contributed by atoms with van der Waals surface area (Å²) in [5.41, 5.74) is 11.1. The van der Waals surface area contributed by atoms with E-state index in [2.05, 4.69) is 175 Å². The minimum atomic E-state index is -0.156. The van der Waals surface area contributed by atoms with Crippen LogP contribution in [-0.4, -0.2) is 28.6 Å². The third-order valence-electron chi connectivity index (χ3n) is 12.4. The highest BCUT2D eigenvalue weighted by Gasteiger charge is 2.47. The Morgan fingerprint density at radius 2 is 1.51 bits per heavy atom. The molecule has 6 unspecified atom stereocenters. The molecule has 7 aliphatic rings. The molecule has 0 spiro atoms. The summed E-state index contributed by atoms with van der Waals surface area (Å²) in [4.78, 5) is 5.55. The van der Waals surface area contributed by atoms with Crippen LogP contribution in [0, 0.1) is 5.92 Å². The van der Waals surface area contributed by atoms with E-state index in [1.54, 1.807) is 5.57 Å². The van der Waals surface area contributed by atoms with Crippen LogP contribution in [0.3, 0.4) is 0 Å². The molecule has 51 heavy (non-hydrogen) atoms. The molecular weight excluding hydrogens is 617 g/mol. The molecular formula is C49H50N2. The maximum absolute atomic E-state index is 2.83. The van der Waals surface area contributed by atoms with Gasteiger partial charge in [-0.15, -0.1) is 0 Å². The van der Waals surface area contributed by atoms with Crippen molar-refractivity contribution in [3.05, 3.63) is 186 Å². The van der Waals surface area contributed by atoms with Crippen molar-refractivity contribution in [3.63, 3.8) is 0 Å². The van der Waals surface area contributed by atoms with Gasteiger partial charge in [-0.05, 0) is 110 Å². The molecule has 0 bridgehead atoms. The van der Waals surface area contributed by atoms with Crippen LogP contribution in [0.1, 0.15) is 80.9 Å². The van der Waals surface area contributed by atoms with Crippen LogP contribution in [0.4, 0.5) is 5.69 Å². The number of hydrogen-bond donors (Lipinski definition) is 0. The summed E-state index contributed by atoms with van der Waals surface area (Å²) in [5, 5.41) is 0. The van der Waals surface area contributed by atoms with Gasteiger partial charge in [0.2, 0.25) is 0 Å². The molecule has 0 saturated carbocycles. The van der Waals surface area contributed by atoms with Gasteiger partial charge in [-0.3, -0.25) is 0 Å². The molecule has 9 rings (SSSR count). The fourth-order valence-corrected chi connectivity index (χ4v) is 9.72. The number of nitrogens with zero attached hydrogens (tertiary/aromatic N) is 2. The zero-order valence-corrected chi connectivity index (χ0v) is 29.9. The Balaban J connectivity index is 1.02. The fourth-order valence-electron chi connectivity index (χ4n) is 9.72. The van der Waals surface area contributed by atoms with Gasteiger partial charge in [0.05, 0.1) is 17.6 Å². The van der Waals surface area contributed by atoms with E-state index in [4.69, 9.17) is 0 Å². The molecule has 2 nitrogen and oxygen atoms in total. The predicted molar refractivity (Wildman–Crippen MR) is 216 cm³/mol. The lowest BCUT2D eigenvalue weighted by Gasteiger charge is -2.48. The van der Waals surface area contributed by atoms with Crippen molar-refractivity contribution in [1.29, 1.82) is 0 Å². The maximum atomic E-state index is 2.83. The zero-order chi connectivity index (χ0) is 34.2. The molecule has 2 heteroatoms. The van der Waals surface area contributed by atoms with Gasteiger partial charge < -0.3 is 9.80 Å². The smallest absolute Gasteiger partial charge is 0.0620 e. The summed E-state index contributed by atoms with van der Waals surface area (Å²) in [6.07, 6.45) is 51.1. The Bertz CT molecular complexity index is 1980. The van der Waals surface area contributed by atoms with Gasteiger partial charge in [-0.2, -0.15) is 0 Å². The summed E-state index contributed by atoms with van der Waals surface area (Å²) in [7, 11) is 0. The average molecular weight is 667 g/mol. The normalized spacial score (nSPS) is 30.4. The van der Waals surface area contributed by atoms with Crippen molar-refractivity contribution in [1.82, 2.24) is 4.90 Å². The van der Waals surface area contributed by atoms with Crippen molar-refractivity contribution in [2.24, 2.45) is 5.92 Å². The van der Waals surface area contributed by atoms with Gasteiger partial charge in [0.1, 0.15) is 0 Å². The minimum absolute atomic E-state index is 0.156. The highest BCUT2D eigenvalue weighted by molar-refractivity contribution is 5.75. The second kappa shape index (κ2) is 13.7. The topological polar surface area (TPSA) is 6.48 Å². The fraction of sp³-hybridized carbons (Fsp3) is 0.306. The van der Waals surface area contributed by atoms with E-state index in [1.807, 2.05) is 0 Å². The summed E-state index contributed by atoms with van der Waals surface area (Å²) in [6, 6.07) is 20.0. The van der Waals surface area contributed by atoms with E-state index in [1.165, 1.54) is 39.2 Å². The molecule has 1 fully saturated rings. The Morgan fingerprint density at radius 3 is 2.24 bits per heavy atom. The Hall–Kier alpha value is -4.82. The first-order valence-corrected chi connectivity index (χ1v) is 19.4. The second-order valence-corrected chi connectivity index (χ2v) is 15.6. The SMILES string of the molecule is CC1(N(c2ccc(C3=CC=CCC3)cc2)C2C=CC=CC2)C=C2C(=CC1)C1CC=CCC1N2C1C=CC(c2ccc(C3C=CC=CC3)cc2)=CC1. The third kappa shape index (κ3) is 6.13. The van der Waals surface area contributed by atoms with Gasteiger partial charge >= 0.3 is 0 Å². The number of hydrogen-bond acceptors (Lipinski definition) is 2. The van der Waals surface area contributed by atoms with Crippen LogP contribution in [0.2, 0.25) is 0 Å². The molecule has 2 aromatic rings. The van der Waals surface area contributed by atoms with E-state index >= 15 is 0 Å². The van der Waals surface area contributed by atoms with Gasteiger partial charge in [0.25, 0.3) is 0 Å². The van der Waals surface area contributed by atoms with E-state index in [-0.39, 0.29) is 5.54 Å². The number of fused-ring (bicyclic) bond motifs is 3. The quantitative estimate of drug-likeness (QED) is 0.271. The van der Waals surface area contributed by atoms with Crippen LogP contribution in [0.15, 0.2) is 169 Å².